The van der Waals surface area contributed by atoms with Crippen molar-refractivity contribution in [3.63, 3.8) is 0 Å². The van der Waals surface area contributed by atoms with Crippen LogP contribution in [0.4, 0.5) is 0 Å². The van der Waals surface area contributed by atoms with Crippen LogP contribution < -0.4 is 4.74 Å². The molecule has 0 atom stereocenters. The van der Waals surface area contributed by atoms with Gasteiger partial charge >= 0.3 is 0 Å². The van der Waals surface area contributed by atoms with Gasteiger partial charge in [0, 0.05) is 12.6 Å². The number of hydrogen-bond donors (Lipinski definition) is 1. The summed E-state index contributed by atoms with van der Waals surface area (Å²) < 4.78 is 13.4. The van der Waals surface area contributed by atoms with E-state index in [1.165, 1.54) is 0 Å². The largest absolute Gasteiger partial charge is 0.491 e. The molecule has 31 heavy (non-hydrogen) atoms. The average Bonchev–Trinajstić information content (AvgIpc) is 3.37. The number of benzene rings is 1. The molecule has 0 aliphatic carbocycles. The molecule has 8 heteroatoms. The summed E-state index contributed by atoms with van der Waals surface area (Å²) >= 11 is 0. The summed E-state index contributed by atoms with van der Waals surface area (Å²) in [6.07, 6.45) is 5.24. The van der Waals surface area contributed by atoms with Gasteiger partial charge in [-0.3, -0.25) is 9.78 Å². The Hall–Kier alpha value is -3.52. The first-order valence-electron chi connectivity index (χ1n) is 10.3. The molecule has 0 amide bonds. The molecule has 8 nitrogen and oxygen atoms in total. The van der Waals surface area contributed by atoms with Gasteiger partial charge in [0.1, 0.15) is 23.4 Å². The van der Waals surface area contributed by atoms with E-state index in [0.29, 0.717) is 25.6 Å². The number of para-hydroxylation sites is 1. The van der Waals surface area contributed by atoms with Crippen LogP contribution in [0.2, 0.25) is 0 Å². The van der Waals surface area contributed by atoms with Crippen LogP contribution in [0, 0.1) is 6.92 Å². The lowest BCUT2D eigenvalue weighted by Crippen LogP contribution is -2.09. The maximum Gasteiger partial charge on any atom is 0.163 e. The standard InChI is InChI=1S/C21H22N6O2.C2H6/c1-4-15-7-5-6-8-19(15)29-10-9-28-13-18-16(11-23-27(18)3)21-22-12-17-20(24-21)14(2)25-26-17;1-2/h4-8,11-12H,1,9-10,13H2,2-3H3,(H,25,26);1-2H3. The van der Waals surface area contributed by atoms with Crippen molar-refractivity contribution in [1.29, 1.82) is 0 Å². The zero-order chi connectivity index (χ0) is 22.2. The number of fused-ring (bicyclic) bond motifs is 1. The smallest absolute Gasteiger partial charge is 0.163 e. The predicted octanol–water partition coefficient (Wildman–Crippen LogP) is 4.33. The molecule has 0 unspecified atom stereocenters. The van der Waals surface area contributed by atoms with E-state index in [9.17, 15) is 0 Å². The molecular weight excluding hydrogens is 392 g/mol. The van der Waals surface area contributed by atoms with Gasteiger partial charge in [-0.15, -0.1) is 0 Å². The fraction of sp³-hybridized carbons (Fsp3) is 0.304. The van der Waals surface area contributed by atoms with E-state index in [4.69, 9.17) is 9.47 Å². The quantitative estimate of drug-likeness (QED) is 0.427. The molecule has 0 aliphatic heterocycles. The molecule has 0 aliphatic rings. The Balaban J connectivity index is 0.00000132. The third kappa shape index (κ3) is 4.97. The van der Waals surface area contributed by atoms with Crippen LogP contribution in [-0.2, 0) is 18.4 Å². The lowest BCUT2D eigenvalue weighted by Gasteiger charge is -2.10. The van der Waals surface area contributed by atoms with E-state index in [0.717, 1.165) is 39.3 Å². The number of nitrogens with zero attached hydrogens (tertiary/aromatic N) is 5. The third-order valence-electron chi connectivity index (χ3n) is 4.63. The molecule has 1 aromatic carbocycles. The number of ether oxygens (including phenoxy) is 2. The minimum absolute atomic E-state index is 0.379. The average molecular weight is 421 g/mol. The molecule has 1 N–H and O–H groups in total. The van der Waals surface area contributed by atoms with Crippen molar-refractivity contribution in [2.24, 2.45) is 7.05 Å². The highest BCUT2D eigenvalue weighted by atomic mass is 16.5. The molecule has 0 saturated heterocycles. The Morgan fingerprint density at radius 2 is 1.97 bits per heavy atom. The van der Waals surface area contributed by atoms with Gasteiger partial charge in [0.25, 0.3) is 0 Å². The van der Waals surface area contributed by atoms with Crippen molar-refractivity contribution in [1.82, 2.24) is 29.9 Å². The lowest BCUT2D eigenvalue weighted by molar-refractivity contribution is 0.0852. The first-order valence-corrected chi connectivity index (χ1v) is 10.3. The van der Waals surface area contributed by atoms with Gasteiger partial charge in [0.05, 0.1) is 42.6 Å². The van der Waals surface area contributed by atoms with Crippen molar-refractivity contribution >= 4 is 17.1 Å². The zero-order valence-electron chi connectivity index (χ0n) is 18.4. The second kappa shape index (κ2) is 10.5. The lowest BCUT2D eigenvalue weighted by atomic mass is 10.2. The molecule has 0 spiro atoms. The summed E-state index contributed by atoms with van der Waals surface area (Å²) in [5.74, 6) is 1.40. The Kier molecular flexibility index (Phi) is 7.50. The fourth-order valence-corrected chi connectivity index (χ4v) is 3.04. The van der Waals surface area contributed by atoms with Crippen molar-refractivity contribution in [2.75, 3.05) is 13.2 Å². The van der Waals surface area contributed by atoms with E-state index in [1.54, 1.807) is 23.2 Å². The SMILES string of the molecule is C=Cc1ccccc1OCCOCc1c(-c2ncc3n[nH]c(C)c3n2)cnn1C.CC. The van der Waals surface area contributed by atoms with E-state index in [1.807, 2.05) is 52.1 Å². The van der Waals surface area contributed by atoms with Crippen LogP contribution in [0.15, 0.2) is 43.2 Å². The fourth-order valence-electron chi connectivity index (χ4n) is 3.04. The number of H-pyrrole nitrogens is 1. The molecular formula is C23H28N6O2. The summed E-state index contributed by atoms with van der Waals surface area (Å²) in [6.45, 7) is 11.0. The van der Waals surface area contributed by atoms with Gasteiger partial charge in [-0.1, -0.05) is 44.7 Å². The van der Waals surface area contributed by atoms with Gasteiger partial charge in [-0.05, 0) is 13.0 Å². The molecule has 0 fully saturated rings. The molecule has 0 bridgehead atoms. The van der Waals surface area contributed by atoms with E-state index < -0.39 is 0 Å². The molecule has 3 heterocycles. The minimum Gasteiger partial charge on any atom is -0.491 e. The van der Waals surface area contributed by atoms with Crippen LogP contribution in [0.5, 0.6) is 5.75 Å². The van der Waals surface area contributed by atoms with Gasteiger partial charge < -0.3 is 9.47 Å². The number of aromatic amines is 1. The highest BCUT2D eigenvalue weighted by Gasteiger charge is 2.15. The molecule has 4 aromatic rings. The summed E-state index contributed by atoms with van der Waals surface area (Å²) in [6, 6.07) is 7.77. The van der Waals surface area contributed by atoms with Crippen LogP contribution in [-0.4, -0.2) is 43.2 Å². The van der Waals surface area contributed by atoms with E-state index >= 15 is 0 Å². The highest BCUT2D eigenvalue weighted by Crippen LogP contribution is 2.23. The van der Waals surface area contributed by atoms with Crippen molar-refractivity contribution in [3.8, 4) is 17.1 Å². The molecule has 3 aromatic heterocycles. The molecule has 4 rings (SSSR count). The van der Waals surface area contributed by atoms with E-state index in [2.05, 4.69) is 31.8 Å². The summed E-state index contributed by atoms with van der Waals surface area (Å²) in [7, 11) is 1.88. The Bertz CT molecular complexity index is 1150. The van der Waals surface area contributed by atoms with Crippen LogP contribution in [0.25, 0.3) is 28.5 Å². The van der Waals surface area contributed by atoms with Crippen molar-refractivity contribution in [2.45, 2.75) is 27.4 Å². The molecule has 162 valence electrons. The first-order chi connectivity index (χ1) is 15.2. The topological polar surface area (TPSA) is 90.7 Å². The minimum atomic E-state index is 0.379. The van der Waals surface area contributed by atoms with Crippen molar-refractivity contribution in [3.05, 3.63) is 60.2 Å². The van der Waals surface area contributed by atoms with Gasteiger partial charge in [0.15, 0.2) is 5.82 Å². The Morgan fingerprint density at radius 3 is 2.77 bits per heavy atom. The van der Waals surface area contributed by atoms with Crippen LogP contribution >= 0.6 is 0 Å². The number of rotatable bonds is 8. The van der Waals surface area contributed by atoms with Crippen molar-refractivity contribution < 1.29 is 9.47 Å². The highest BCUT2D eigenvalue weighted by molar-refractivity contribution is 5.78. The normalized spacial score (nSPS) is 10.6. The monoisotopic (exact) mass is 420 g/mol. The molecule has 0 radical (unpaired) electrons. The number of aromatic nitrogens is 6. The van der Waals surface area contributed by atoms with E-state index in [-0.39, 0.29) is 0 Å². The number of hydrogen-bond acceptors (Lipinski definition) is 6. The summed E-state index contributed by atoms with van der Waals surface area (Å²) in [5, 5.41) is 11.4. The molecule has 0 saturated carbocycles. The van der Waals surface area contributed by atoms with Gasteiger partial charge in [-0.25, -0.2) is 9.97 Å². The van der Waals surface area contributed by atoms with Crippen LogP contribution in [0.3, 0.4) is 0 Å². The third-order valence-corrected chi connectivity index (χ3v) is 4.63. The number of aryl methyl sites for hydroxylation is 2. The Morgan fingerprint density at radius 1 is 1.16 bits per heavy atom. The maximum atomic E-state index is 5.83. The second-order valence-corrected chi connectivity index (χ2v) is 6.55. The number of nitrogens with one attached hydrogen (secondary N) is 1. The first kappa shape index (κ1) is 22.2. The summed E-state index contributed by atoms with van der Waals surface area (Å²) in [5.41, 5.74) is 5.15. The second-order valence-electron chi connectivity index (χ2n) is 6.55. The maximum absolute atomic E-state index is 5.83. The van der Waals surface area contributed by atoms with Gasteiger partial charge in [-0.2, -0.15) is 10.2 Å². The zero-order valence-corrected chi connectivity index (χ0v) is 18.4. The summed E-state index contributed by atoms with van der Waals surface area (Å²) in [4.78, 5) is 9.07. The van der Waals surface area contributed by atoms with Crippen LogP contribution in [0.1, 0.15) is 30.8 Å². The Labute approximate surface area is 181 Å². The van der Waals surface area contributed by atoms with Gasteiger partial charge in [0.2, 0.25) is 0 Å². The predicted molar refractivity (Wildman–Crippen MR) is 122 cm³/mol.